The van der Waals surface area contributed by atoms with Gasteiger partial charge >= 0.3 is 6.03 Å². The number of benzene rings is 2. The van der Waals surface area contributed by atoms with E-state index in [0.717, 1.165) is 38.0 Å². The maximum Gasteiger partial charge on any atom is 0.323 e. The maximum absolute atomic E-state index is 12.7. The summed E-state index contributed by atoms with van der Waals surface area (Å²) in [4.78, 5) is 37.5. The fourth-order valence-corrected chi connectivity index (χ4v) is 4.66. The van der Waals surface area contributed by atoms with Crippen molar-refractivity contribution >= 4 is 29.0 Å². The summed E-state index contributed by atoms with van der Waals surface area (Å²) >= 11 is 0. The zero-order valence-corrected chi connectivity index (χ0v) is 18.9. The second-order valence-electron chi connectivity index (χ2n) is 8.84. The quantitative estimate of drug-likeness (QED) is 0.360. The molecule has 1 atom stereocenters. The number of carbonyl (C=O) groups excluding carboxylic acids is 2. The van der Waals surface area contributed by atoms with Crippen LogP contribution in [0.25, 0.3) is 11.3 Å². The predicted octanol–water partition coefficient (Wildman–Crippen LogP) is 4.32. The standard InChI is InChI=1S/C25H25N5O5/c31-24(28-21-15-29-13-11-16(21)12-14-29)23-10-9-22(35-23)17-1-3-18(4-2-17)26-25(32)27-19-5-7-20(8-6-19)30(33)34/h1-10,16,21H,11-15H2,(H,28,31)(H2,26,27,32). The van der Waals surface area contributed by atoms with Crippen molar-refractivity contribution in [3.05, 3.63) is 76.5 Å². The van der Waals surface area contributed by atoms with Gasteiger partial charge in [0.2, 0.25) is 0 Å². The van der Waals surface area contributed by atoms with E-state index >= 15 is 0 Å². The highest BCUT2D eigenvalue weighted by molar-refractivity contribution is 6.00. The minimum atomic E-state index is -0.502. The number of furan rings is 1. The smallest absolute Gasteiger partial charge is 0.323 e. The van der Waals surface area contributed by atoms with Crippen LogP contribution in [0.3, 0.4) is 0 Å². The lowest BCUT2D eigenvalue weighted by atomic mass is 9.84. The van der Waals surface area contributed by atoms with E-state index < -0.39 is 11.0 Å². The Hall–Kier alpha value is -4.18. The molecule has 180 valence electrons. The Morgan fingerprint density at radius 2 is 1.54 bits per heavy atom. The lowest BCUT2D eigenvalue weighted by molar-refractivity contribution is -0.384. The van der Waals surface area contributed by atoms with E-state index in [1.807, 2.05) is 0 Å². The maximum atomic E-state index is 12.7. The van der Waals surface area contributed by atoms with E-state index in [2.05, 4.69) is 20.9 Å². The number of non-ortho nitro benzene ring substituents is 1. The molecular weight excluding hydrogens is 450 g/mol. The lowest BCUT2D eigenvalue weighted by Gasteiger charge is -2.44. The largest absolute Gasteiger partial charge is 0.451 e. The van der Waals surface area contributed by atoms with Gasteiger partial charge in [-0.25, -0.2) is 4.79 Å². The van der Waals surface area contributed by atoms with Crippen LogP contribution in [-0.2, 0) is 0 Å². The predicted molar refractivity (Wildman–Crippen MR) is 130 cm³/mol. The molecule has 3 aliphatic rings. The first kappa shape index (κ1) is 22.6. The van der Waals surface area contributed by atoms with Crippen LogP contribution < -0.4 is 16.0 Å². The van der Waals surface area contributed by atoms with Crippen molar-refractivity contribution < 1.29 is 18.9 Å². The number of carbonyl (C=O) groups is 2. The average Bonchev–Trinajstić information content (AvgIpc) is 3.36. The highest BCUT2D eigenvalue weighted by atomic mass is 16.6. The van der Waals surface area contributed by atoms with Crippen molar-refractivity contribution in [2.45, 2.75) is 18.9 Å². The van der Waals surface area contributed by atoms with Crippen LogP contribution in [-0.4, -0.2) is 47.4 Å². The van der Waals surface area contributed by atoms with Gasteiger partial charge in [-0.1, -0.05) is 0 Å². The normalized spacial score (nSPS) is 20.7. The minimum absolute atomic E-state index is 0.0518. The molecule has 2 bridgehead atoms. The zero-order chi connectivity index (χ0) is 24.4. The summed E-state index contributed by atoms with van der Waals surface area (Å²) < 4.78 is 5.81. The number of urea groups is 1. The SMILES string of the molecule is O=C(Nc1ccc(-c2ccc(C(=O)NC3CN4CCC3CC4)o2)cc1)Nc1ccc([N+](=O)[O-])cc1. The molecule has 4 heterocycles. The first-order valence-corrected chi connectivity index (χ1v) is 11.5. The number of nitro groups is 1. The molecule has 2 aromatic carbocycles. The Balaban J connectivity index is 1.16. The molecule has 3 aliphatic heterocycles. The monoisotopic (exact) mass is 475 g/mol. The van der Waals surface area contributed by atoms with Gasteiger partial charge in [0.15, 0.2) is 5.76 Å². The number of hydrogen-bond donors (Lipinski definition) is 3. The molecule has 0 radical (unpaired) electrons. The second kappa shape index (κ2) is 9.59. The van der Waals surface area contributed by atoms with E-state index in [1.165, 1.54) is 24.3 Å². The van der Waals surface area contributed by atoms with Gasteiger partial charge in [0.1, 0.15) is 5.76 Å². The van der Waals surface area contributed by atoms with Crippen LogP contribution in [0.1, 0.15) is 23.4 Å². The van der Waals surface area contributed by atoms with Gasteiger partial charge in [0, 0.05) is 41.7 Å². The molecule has 3 amide bonds. The molecule has 35 heavy (non-hydrogen) atoms. The van der Waals surface area contributed by atoms with E-state index in [4.69, 9.17) is 4.42 Å². The Bertz CT molecular complexity index is 1230. The Labute approximate surface area is 201 Å². The number of amides is 3. The van der Waals surface area contributed by atoms with E-state index in [1.54, 1.807) is 36.4 Å². The lowest BCUT2D eigenvalue weighted by Crippen LogP contribution is -2.57. The van der Waals surface area contributed by atoms with Gasteiger partial charge in [-0.05, 0) is 80.4 Å². The highest BCUT2D eigenvalue weighted by Crippen LogP contribution is 2.28. The van der Waals surface area contributed by atoms with Crippen LogP contribution in [0.15, 0.2) is 65.1 Å². The third-order valence-corrected chi connectivity index (χ3v) is 6.57. The Morgan fingerprint density at radius 3 is 2.11 bits per heavy atom. The molecule has 10 heteroatoms. The summed E-state index contributed by atoms with van der Waals surface area (Å²) in [5, 5.41) is 19.2. The molecule has 6 rings (SSSR count). The molecule has 0 aliphatic carbocycles. The first-order valence-electron chi connectivity index (χ1n) is 11.5. The molecule has 3 fully saturated rings. The average molecular weight is 476 g/mol. The molecule has 3 aromatic rings. The fraction of sp³-hybridized carbons (Fsp3) is 0.280. The van der Waals surface area contributed by atoms with Crippen LogP contribution in [0, 0.1) is 16.0 Å². The van der Waals surface area contributed by atoms with E-state index in [0.29, 0.717) is 23.1 Å². The van der Waals surface area contributed by atoms with Gasteiger partial charge in [0.25, 0.3) is 11.6 Å². The fourth-order valence-electron chi connectivity index (χ4n) is 4.66. The number of anilines is 2. The first-order chi connectivity index (χ1) is 16.9. The molecule has 10 nitrogen and oxygen atoms in total. The molecule has 3 saturated heterocycles. The number of rotatable bonds is 6. The molecule has 0 spiro atoms. The van der Waals surface area contributed by atoms with Crippen LogP contribution >= 0.6 is 0 Å². The Kier molecular flexibility index (Phi) is 6.19. The molecule has 1 aromatic heterocycles. The number of hydrogen-bond acceptors (Lipinski definition) is 6. The van der Waals surface area contributed by atoms with Crippen molar-refractivity contribution in [1.82, 2.24) is 10.2 Å². The summed E-state index contributed by atoms with van der Waals surface area (Å²) in [6, 6.07) is 15.7. The summed E-state index contributed by atoms with van der Waals surface area (Å²) in [7, 11) is 0. The van der Waals surface area contributed by atoms with Crippen molar-refractivity contribution in [2.24, 2.45) is 5.92 Å². The van der Waals surface area contributed by atoms with Crippen LogP contribution in [0.4, 0.5) is 21.9 Å². The van der Waals surface area contributed by atoms with Gasteiger partial charge in [0.05, 0.1) is 4.92 Å². The number of fused-ring (bicyclic) bond motifs is 3. The van der Waals surface area contributed by atoms with Crippen LogP contribution in [0.2, 0.25) is 0 Å². The Morgan fingerprint density at radius 1 is 0.914 bits per heavy atom. The molecule has 3 N–H and O–H groups in total. The van der Waals surface area contributed by atoms with Gasteiger partial charge in [-0.3, -0.25) is 14.9 Å². The van der Waals surface area contributed by atoms with Gasteiger partial charge < -0.3 is 25.3 Å². The summed E-state index contributed by atoms with van der Waals surface area (Å²) in [6.45, 7) is 3.13. The summed E-state index contributed by atoms with van der Waals surface area (Å²) in [6.07, 6.45) is 2.25. The van der Waals surface area contributed by atoms with Gasteiger partial charge in [-0.15, -0.1) is 0 Å². The van der Waals surface area contributed by atoms with Crippen molar-refractivity contribution in [3.8, 4) is 11.3 Å². The van der Waals surface area contributed by atoms with Crippen molar-refractivity contribution in [2.75, 3.05) is 30.3 Å². The van der Waals surface area contributed by atoms with Crippen molar-refractivity contribution in [1.29, 1.82) is 0 Å². The van der Waals surface area contributed by atoms with Crippen molar-refractivity contribution in [3.63, 3.8) is 0 Å². The zero-order valence-electron chi connectivity index (χ0n) is 18.9. The molecular formula is C25H25N5O5. The van der Waals surface area contributed by atoms with E-state index in [9.17, 15) is 19.7 Å². The van der Waals surface area contributed by atoms with E-state index in [-0.39, 0.29) is 23.4 Å². The number of nitrogens with one attached hydrogen (secondary N) is 3. The second-order valence-corrected chi connectivity index (χ2v) is 8.84. The molecule has 1 unspecified atom stereocenters. The number of nitro benzene ring substituents is 1. The number of nitrogens with zero attached hydrogens (tertiary/aromatic N) is 2. The third kappa shape index (κ3) is 5.17. The summed E-state index contributed by atoms with van der Waals surface area (Å²) in [5.41, 5.74) is 1.71. The minimum Gasteiger partial charge on any atom is -0.451 e. The third-order valence-electron chi connectivity index (χ3n) is 6.57. The topological polar surface area (TPSA) is 130 Å². The highest BCUT2D eigenvalue weighted by Gasteiger charge is 2.35. The summed E-state index contributed by atoms with van der Waals surface area (Å²) in [5.74, 6) is 1.18. The molecule has 0 saturated carbocycles. The number of piperidine rings is 3. The van der Waals surface area contributed by atoms with Gasteiger partial charge in [-0.2, -0.15) is 0 Å². The van der Waals surface area contributed by atoms with Crippen LogP contribution in [0.5, 0.6) is 0 Å².